The fourth-order valence-electron chi connectivity index (χ4n) is 1.71. The smallest absolute Gasteiger partial charge is 0.123 e. The van der Waals surface area contributed by atoms with Crippen LogP contribution in [0.15, 0.2) is 18.2 Å². The average Bonchev–Trinajstić information content (AvgIpc) is 2.17. The first kappa shape index (κ1) is 12.7. The Bertz CT molecular complexity index is 309. The molecule has 0 bridgehead atoms. The van der Waals surface area contributed by atoms with E-state index in [-0.39, 0.29) is 5.82 Å². The molecule has 0 aliphatic heterocycles. The van der Waals surface area contributed by atoms with Crippen LogP contribution in [0.1, 0.15) is 37.3 Å². The number of alkyl halides is 1. The molecule has 0 aliphatic rings. The Balaban J connectivity index is 2.50. The molecule has 0 heterocycles. The van der Waals surface area contributed by atoms with Crippen LogP contribution in [0.25, 0.3) is 0 Å². The summed E-state index contributed by atoms with van der Waals surface area (Å²) in [6.07, 6.45) is 4.57. The van der Waals surface area contributed by atoms with E-state index in [2.05, 4.69) is 22.9 Å². The van der Waals surface area contributed by atoms with E-state index in [0.717, 1.165) is 18.4 Å². The zero-order valence-corrected chi connectivity index (χ0v) is 11.0. The van der Waals surface area contributed by atoms with Crippen LogP contribution in [0.3, 0.4) is 0 Å². The van der Waals surface area contributed by atoms with Crippen molar-refractivity contribution in [1.29, 1.82) is 0 Å². The summed E-state index contributed by atoms with van der Waals surface area (Å²) in [7, 11) is 0. The molecular formula is C13H18BrF. The third kappa shape index (κ3) is 4.33. The highest BCUT2D eigenvalue weighted by Crippen LogP contribution is 2.18. The highest BCUT2D eigenvalue weighted by molar-refractivity contribution is 9.09. The molecule has 1 unspecified atom stereocenters. The molecule has 2 heteroatoms. The Kier molecular flexibility index (Phi) is 5.30. The summed E-state index contributed by atoms with van der Waals surface area (Å²) in [5.41, 5.74) is 2.32. The number of hydrogen-bond donors (Lipinski definition) is 0. The van der Waals surface area contributed by atoms with Crippen LogP contribution in [0, 0.1) is 12.7 Å². The Morgan fingerprint density at radius 3 is 2.67 bits per heavy atom. The van der Waals surface area contributed by atoms with Crippen LogP contribution in [-0.4, -0.2) is 4.83 Å². The van der Waals surface area contributed by atoms with E-state index in [1.54, 1.807) is 12.1 Å². The van der Waals surface area contributed by atoms with Crippen molar-refractivity contribution in [3.8, 4) is 0 Å². The maximum Gasteiger partial charge on any atom is 0.123 e. The quantitative estimate of drug-likeness (QED) is 0.686. The highest BCUT2D eigenvalue weighted by Gasteiger charge is 2.05. The average molecular weight is 273 g/mol. The van der Waals surface area contributed by atoms with Crippen molar-refractivity contribution in [2.24, 2.45) is 0 Å². The summed E-state index contributed by atoms with van der Waals surface area (Å²) in [5, 5.41) is 0. The van der Waals surface area contributed by atoms with Crippen LogP contribution in [0.4, 0.5) is 4.39 Å². The minimum atomic E-state index is -0.139. The lowest BCUT2D eigenvalue weighted by molar-refractivity contribution is 0.624. The molecule has 0 spiro atoms. The highest BCUT2D eigenvalue weighted by atomic mass is 79.9. The van der Waals surface area contributed by atoms with Crippen molar-refractivity contribution < 1.29 is 4.39 Å². The van der Waals surface area contributed by atoms with Crippen molar-refractivity contribution in [2.75, 3.05) is 0 Å². The first-order valence-electron chi connectivity index (χ1n) is 5.52. The fourth-order valence-corrected chi connectivity index (χ4v) is 2.40. The van der Waals surface area contributed by atoms with Gasteiger partial charge in [0.05, 0.1) is 0 Å². The monoisotopic (exact) mass is 272 g/mol. The summed E-state index contributed by atoms with van der Waals surface area (Å²) in [4.78, 5) is 0.590. The Hall–Kier alpha value is -0.370. The maximum atomic E-state index is 12.9. The predicted octanol–water partition coefficient (Wildman–Crippen LogP) is 4.63. The molecular weight excluding hydrogens is 255 g/mol. The molecule has 0 radical (unpaired) electrons. The Labute approximate surface area is 100 Å². The van der Waals surface area contributed by atoms with Crippen molar-refractivity contribution >= 4 is 15.9 Å². The zero-order chi connectivity index (χ0) is 11.3. The summed E-state index contributed by atoms with van der Waals surface area (Å²) in [6.45, 7) is 4.17. The third-order valence-corrected chi connectivity index (χ3v) is 3.55. The van der Waals surface area contributed by atoms with Gasteiger partial charge in [-0.15, -0.1) is 0 Å². The normalized spacial score (nSPS) is 12.8. The van der Waals surface area contributed by atoms with Gasteiger partial charge in [-0.3, -0.25) is 0 Å². The SMILES string of the molecule is CCCC(Br)CCc1ccc(F)cc1C. The van der Waals surface area contributed by atoms with Gasteiger partial charge in [0, 0.05) is 4.83 Å². The van der Waals surface area contributed by atoms with Gasteiger partial charge >= 0.3 is 0 Å². The van der Waals surface area contributed by atoms with E-state index in [0.29, 0.717) is 4.83 Å². The van der Waals surface area contributed by atoms with E-state index in [4.69, 9.17) is 0 Å². The number of benzene rings is 1. The minimum Gasteiger partial charge on any atom is -0.207 e. The first-order chi connectivity index (χ1) is 7.13. The number of aryl methyl sites for hydroxylation is 2. The van der Waals surface area contributed by atoms with E-state index in [1.807, 2.05) is 13.0 Å². The Morgan fingerprint density at radius 2 is 2.07 bits per heavy atom. The molecule has 1 aromatic rings. The van der Waals surface area contributed by atoms with E-state index >= 15 is 0 Å². The fraction of sp³-hybridized carbons (Fsp3) is 0.538. The van der Waals surface area contributed by atoms with Crippen molar-refractivity contribution in [3.05, 3.63) is 35.1 Å². The molecule has 0 saturated heterocycles. The van der Waals surface area contributed by atoms with E-state index in [9.17, 15) is 4.39 Å². The molecule has 84 valence electrons. The lowest BCUT2D eigenvalue weighted by atomic mass is 10.0. The Morgan fingerprint density at radius 1 is 1.33 bits per heavy atom. The van der Waals surface area contributed by atoms with Crippen LogP contribution in [-0.2, 0) is 6.42 Å². The number of hydrogen-bond acceptors (Lipinski definition) is 0. The largest absolute Gasteiger partial charge is 0.207 e. The molecule has 1 aromatic carbocycles. The molecule has 0 N–H and O–H groups in total. The van der Waals surface area contributed by atoms with Crippen molar-refractivity contribution in [1.82, 2.24) is 0 Å². The summed E-state index contributed by atoms with van der Waals surface area (Å²) < 4.78 is 12.9. The summed E-state index contributed by atoms with van der Waals surface area (Å²) >= 11 is 3.66. The third-order valence-electron chi connectivity index (χ3n) is 2.63. The van der Waals surface area contributed by atoms with Crippen molar-refractivity contribution in [2.45, 2.75) is 44.4 Å². The predicted molar refractivity (Wildman–Crippen MR) is 67.1 cm³/mol. The molecule has 0 saturated carbocycles. The molecule has 0 nitrogen and oxygen atoms in total. The van der Waals surface area contributed by atoms with Gasteiger partial charge in [-0.25, -0.2) is 4.39 Å². The lowest BCUT2D eigenvalue weighted by Crippen LogP contribution is -2.00. The van der Waals surface area contributed by atoms with Gasteiger partial charge in [0.15, 0.2) is 0 Å². The lowest BCUT2D eigenvalue weighted by Gasteiger charge is -2.09. The van der Waals surface area contributed by atoms with Gasteiger partial charge in [-0.2, -0.15) is 0 Å². The van der Waals surface area contributed by atoms with Gasteiger partial charge in [-0.1, -0.05) is 35.3 Å². The van der Waals surface area contributed by atoms with Gasteiger partial charge in [-0.05, 0) is 49.4 Å². The topological polar surface area (TPSA) is 0 Å². The van der Waals surface area contributed by atoms with Crippen LogP contribution < -0.4 is 0 Å². The summed E-state index contributed by atoms with van der Waals surface area (Å²) in [6, 6.07) is 5.06. The second kappa shape index (κ2) is 6.26. The molecule has 15 heavy (non-hydrogen) atoms. The van der Waals surface area contributed by atoms with Gasteiger partial charge < -0.3 is 0 Å². The molecule has 0 aromatic heterocycles. The second-order valence-corrected chi connectivity index (χ2v) is 5.29. The maximum absolute atomic E-state index is 12.9. The summed E-state index contributed by atoms with van der Waals surface area (Å²) in [5.74, 6) is -0.139. The van der Waals surface area contributed by atoms with E-state index < -0.39 is 0 Å². The van der Waals surface area contributed by atoms with Crippen LogP contribution in [0.2, 0.25) is 0 Å². The molecule has 1 atom stereocenters. The standard InChI is InChI=1S/C13H18BrF/c1-3-4-12(14)7-5-11-6-8-13(15)9-10(11)2/h6,8-9,12H,3-5,7H2,1-2H3. The van der Waals surface area contributed by atoms with Crippen molar-refractivity contribution in [3.63, 3.8) is 0 Å². The molecule has 0 amide bonds. The van der Waals surface area contributed by atoms with Gasteiger partial charge in [0.1, 0.15) is 5.82 Å². The van der Waals surface area contributed by atoms with Crippen LogP contribution in [0.5, 0.6) is 0 Å². The molecule has 0 fully saturated rings. The number of rotatable bonds is 5. The van der Waals surface area contributed by atoms with Crippen LogP contribution >= 0.6 is 15.9 Å². The molecule has 1 rings (SSSR count). The number of halogens is 2. The zero-order valence-electron chi connectivity index (χ0n) is 9.39. The second-order valence-electron chi connectivity index (χ2n) is 4.00. The van der Waals surface area contributed by atoms with Gasteiger partial charge in [0.25, 0.3) is 0 Å². The molecule has 0 aliphatic carbocycles. The first-order valence-corrected chi connectivity index (χ1v) is 6.44. The van der Waals surface area contributed by atoms with E-state index in [1.165, 1.54) is 18.4 Å². The van der Waals surface area contributed by atoms with Gasteiger partial charge in [0.2, 0.25) is 0 Å². The minimum absolute atomic E-state index is 0.139.